The van der Waals surface area contributed by atoms with Crippen LogP contribution in [0.5, 0.6) is 5.88 Å². The molecule has 1 atom stereocenters. The molecule has 8 nitrogen and oxygen atoms in total. The molecule has 39 heavy (non-hydrogen) atoms. The number of carbonyl (C=O) groups is 2. The van der Waals surface area contributed by atoms with Crippen molar-refractivity contribution in [1.29, 1.82) is 0 Å². The van der Waals surface area contributed by atoms with Gasteiger partial charge in [0.2, 0.25) is 5.88 Å². The van der Waals surface area contributed by atoms with E-state index >= 15 is 0 Å². The summed E-state index contributed by atoms with van der Waals surface area (Å²) in [5.41, 5.74) is -0.264. The molecule has 1 aliphatic carbocycles. The molecule has 1 aliphatic heterocycles. The zero-order valence-corrected chi connectivity index (χ0v) is 22.2. The van der Waals surface area contributed by atoms with E-state index in [0.29, 0.717) is 34.2 Å². The molecule has 2 amide bonds. The maximum atomic E-state index is 13.9. The number of ether oxygens (including phenoxy) is 1. The van der Waals surface area contributed by atoms with Crippen molar-refractivity contribution < 1.29 is 27.5 Å². The SMILES string of the molecule is O=C(NC[C@@H]1CCCCN1C(=O)c1nc(C2CC2)sc1-c1cccc(C(F)(F)F)c1)Oc1cnc2sccn12. The van der Waals surface area contributed by atoms with Crippen molar-refractivity contribution in [1.82, 2.24) is 24.6 Å². The van der Waals surface area contributed by atoms with Crippen molar-refractivity contribution in [3.8, 4) is 16.3 Å². The first kappa shape index (κ1) is 25.8. The third-order valence-corrected chi connectivity index (χ3v) is 8.94. The molecule has 6 rings (SSSR count). The predicted octanol–water partition coefficient (Wildman–Crippen LogP) is 6.20. The highest BCUT2D eigenvalue weighted by molar-refractivity contribution is 7.15. The lowest BCUT2D eigenvalue weighted by Gasteiger charge is -2.35. The highest BCUT2D eigenvalue weighted by Crippen LogP contribution is 2.45. The first-order valence-corrected chi connectivity index (χ1v) is 14.3. The number of likely N-dealkylation sites (tertiary alicyclic amines) is 1. The van der Waals surface area contributed by atoms with Crippen molar-refractivity contribution in [3.05, 3.63) is 58.3 Å². The Hall–Kier alpha value is -3.45. The van der Waals surface area contributed by atoms with E-state index in [1.54, 1.807) is 21.6 Å². The second-order valence-electron chi connectivity index (χ2n) is 9.65. The van der Waals surface area contributed by atoms with Gasteiger partial charge < -0.3 is 15.0 Å². The number of rotatable bonds is 6. The Balaban J connectivity index is 1.21. The van der Waals surface area contributed by atoms with Gasteiger partial charge in [-0.1, -0.05) is 12.1 Å². The molecule has 2 aliphatic rings. The average Bonchev–Trinajstić information content (AvgIpc) is 3.32. The third-order valence-electron chi connectivity index (χ3n) is 6.90. The molecule has 4 aromatic rings. The summed E-state index contributed by atoms with van der Waals surface area (Å²) >= 11 is 2.71. The Labute approximate surface area is 229 Å². The first-order chi connectivity index (χ1) is 18.8. The van der Waals surface area contributed by atoms with Gasteiger partial charge in [0.15, 0.2) is 4.96 Å². The van der Waals surface area contributed by atoms with E-state index in [2.05, 4.69) is 15.3 Å². The van der Waals surface area contributed by atoms with Gasteiger partial charge in [0, 0.05) is 36.6 Å². The number of fused-ring (bicyclic) bond motifs is 1. The van der Waals surface area contributed by atoms with E-state index in [1.165, 1.54) is 34.9 Å². The number of amides is 2. The summed E-state index contributed by atoms with van der Waals surface area (Å²) in [6, 6.07) is 4.74. The summed E-state index contributed by atoms with van der Waals surface area (Å²) in [7, 11) is 0. The van der Waals surface area contributed by atoms with E-state index in [1.807, 2.05) is 5.38 Å². The summed E-state index contributed by atoms with van der Waals surface area (Å²) in [5, 5.41) is 5.36. The maximum Gasteiger partial charge on any atom is 0.416 e. The fourth-order valence-corrected chi connectivity index (χ4v) is 6.65. The molecule has 1 saturated carbocycles. The standard InChI is InChI=1S/C26H24F3N5O3S2/c27-26(28,29)17-5-3-4-16(12-17)21-20(32-22(39-21)15-7-8-15)23(35)33-9-2-1-6-18(33)13-31-25(36)37-19-14-30-24-34(19)10-11-38-24/h3-5,10-12,14-15,18H,1-2,6-9,13H2,(H,31,36)/t18-/m0/s1. The Kier molecular flexibility index (Phi) is 6.79. The van der Waals surface area contributed by atoms with Crippen LogP contribution in [-0.4, -0.2) is 50.4 Å². The number of carbonyl (C=O) groups excluding carboxylic acids is 2. The zero-order valence-electron chi connectivity index (χ0n) is 20.6. The second kappa shape index (κ2) is 10.3. The van der Waals surface area contributed by atoms with Crippen LogP contribution >= 0.6 is 22.7 Å². The number of benzene rings is 1. The molecule has 0 spiro atoms. The van der Waals surface area contributed by atoms with Gasteiger partial charge in [-0.25, -0.2) is 14.8 Å². The minimum atomic E-state index is -4.49. The summed E-state index contributed by atoms with van der Waals surface area (Å²) in [5.74, 6) is 0.204. The number of nitrogens with one attached hydrogen (secondary N) is 1. The van der Waals surface area contributed by atoms with Gasteiger partial charge >= 0.3 is 12.3 Å². The second-order valence-corrected chi connectivity index (χ2v) is 11.6. The molecule has 4 heterocycles. The van der Waals surface area contributed by atoms with Gasteiger partial charge in [-0.15, -0.1) is 22.7 Å². The van der Waals surface area contributed by atoms with E-state index in [9.17, 15) is 22.8 Å². The lowest BCUT2D eigenvalue weighted by atomic mass is 10.0. The van der Waals surface area contributed by atoms with Crippen molar-refractivity contribution in [2.45, 2.75) is 50.2 Å². The summed E-state index contributed by atoms with van der Waals surface area (Å²) < 4.78 is 47.3. The topological polar surface area (TPSA) is 88.8 Å². The number of halogens is 3. The lowest BCUT2D eigenvalue weighted by Crippen LogP contribution is -2.50. The molecule has 204 valence electrons. The van der Waals surface area contributed by atoms with Crippen LogP contribution in [-0.2, 0) is 6.18 Å². The molecule has 0 bridgehead atoms. The van der Waals surface area contributed by atoms with Gasteiger partial charge in [-0.3, -0.25) is 9.20 Å². The molecule has 1 saturated heterocycles. The van der Waals surface area contributed by atoms with Crippen LogP contribution in [0.4, 0.5) is 18.0 Å². The van der Waals surface area contributed by atoms with E-state index in [-0.39, 0.29) is 30.1 Å². The number of piperidine rings is 1. The molecular formula is C26H24F3N5O3S2. The smallest absolute Gasteiger partial charge is 0.391 e. The monoisotopic (exact) mass is 575 g/mol. The summed E-state index contributed by atoms with van der Waals surface area (Å²) in [6.45, 7) is 0.644. The van der Waals surface area contributed by atoms with Crippen LogP contribution in [0.25, 0.3) is 15.4 Å². The fourth-order valence-electron chi connectivity index (χ4n) is 4.75. The van der Waals surface area contributed by atoms with Crippen LogP contribution in [0.3, 0.4) is 0 Å². The average molecular weight is 576 g/mol. The Morgan fingerprint density at radius 2 is 2.03 bits per heavy atom. The molecule has 0 unspecified atom stereocenters. The first-order valence-electron chi connectivity index (χ1n) is 12.6. The molecule has 0 radical (unpaired) electrons. The Morgan fingerprint density at radius 3 is 2.82 bits per heavy atom. The number of aromatic nitrogens is 3. The zero-order chi connectivity index (χ0) is 27.1. The normalized spacial score (nSPS) is 17.9. The Bertz CT molecular complexity index is 1520. The predicted molar refractivity (Wildman–Crippen MR) is 140 cm³/mol. The van der Waals surface area contributed by atoms with Crippen LogP contribution in [0.15, 0.2) is 42.0 Å². The molecule has 13 heteroatoms. The number of hydrogen-bond acceptors (Lipinski definition) is 7. The number of nitrogens with zero attached hydrogens (tertiary/aromatic N) is 4. The number of hydrogen-bond donors (Lipinski definition) is 1. The third kappa shape index (κ3) is 5.37. The highest BCUT2D eigenvalue weighted by atomic mass is 32.1. The molecule has 1 aromatic carbocycles. The Morgan fingerprint density at radius 1 is 1.18 bits per heavy atom. The quantitative estimate of drug-likeness (QED) is 0.296. The van der Waals surface area contributed by atoms with E-state index in [4.69, 9.17) is 4.74 Å². The molecule has 2 fully saturated rings. The minimum Gasteiger partial charge on any atom is -0.391 e. The van der Waals surface area contributed by atoms with Gasteiger partial charge in [-0.05, 0) is 49.8 Å². The van der Waals surface area contributed by atoms with Gasteiger partial charge in [-0.2, -0.15) is 13.2 Å². The van der Waals surface area contributed by atoms with Crippen LogP contribution in [0.2, 0.25) is 0 Å². The largest absolute Gasteiger partial charge is 0.416 e. The lowest BCUT2D eigenvalue weighted by molar-refractivity contribution is -0.137. The van der Waals surface area contributed by atoms with Crippen molar-refractivity contribution >= 4 is 39.6 Å². The molecule has 3 aromatic heterocycles. The van der Waals surface area contributed by atoms with Crippen LogP contribution in [0.1, 0.15) is 59.1 Å². The molecular weight excluding hydrogens is 551 g/mol. The maximum absolute atomic E-state index is 13.9. The van der Waals surface area contributed by atoms with Crippen LogP contribution in [0, 0.1) is 0 Å². The van der Waals surface area contributed by atoms with Crippen molar-refractivity contribution in [2.75, 3.05) is 13.1 Å². The summed E-state index contributed by atoms with van der Waals surface area (Å²) in [4.78, 5) is 38.0. The van der Waals surface area contributed by atoms with Gasteiger partial charge in [0.25, 0.3) is 5.91 Å². The number of alkyl halides is 3. The van der Waals surface area contributed by atoms with Crippen LogP contribution < -0.4 is 10.1 Å². The number of imidazole rings is 1. The van der Waals surface area contributed by atoms with Gasteiger partial charge in [0.05, 0.1) is 21.6 Å². The number of thiazole rings is 2. The fraction of sp³-hybridized carbons (Fsp3) is 0.385. The van der Waals surface area contributed by atoms with E-state index < -0.39 is 17.8 Å². The highest BCUT2D eigenvalue weighted by Gasteiger charge is 2.36. The minimum absolute atomic E-state index is 0.175. The summed E-state index contributed by atoms with van der Waals surface area (Å²) in [6.07, 6.45) is 2.33. The van der Waals surface area contributed by atoms with E-state index in [0.717, 1.165) is 42.8 Å². The van der Waals surface area contributed by atoms with Crippen molar-refractivity contribution in [2.24, 2.45) is 0 Å². The molecule has 1 N–H and O–H groups in total. The van der Waals surface area contributed by atoms with Gasteiger partial charge in [0.1, 0.15) is 5.69 Å². The van der Waals surface area contributed by atoms with Crippen molar-refractivity contribution in [3.63, 3.8) is 0 Å².